The summed E-state index contributed by atoms with van der Waals surface area (Å²) in [7, 11) is 0. The van der Waals surface area contributed by atoms with Gasteiger partial charge in [0.2, 0.25) is 0 Å². The monoisotopic (exact) mass is 199 g/mol. The van der Waals surface area contributed by atoms with Crippen LogP contribution in [0, 0.1) is 5.92 Å². The molecule has 0 bridgehead atoms. The van der Waals surface area contributed by atoms with E-state index in [4.69, 9.17) is 5.11 Å². The van der Waals surface area contributed by atoms with Crippen LogP contribution in [0.1, 0.15) is 27.2 Å². The molecule has 0 aromatic carbocycles. The third kappa shape index (κ3) is 7.80. The number of hydrogen-bond donors (Lipinski definition) is 1. The lowest BCUT2D eigenvalue weighted by Gasteiger charge is -2.23. The largest absolute Gasteiger partial charge is 0.481 e. The molecule has 0 saturated heterocycles. The van der Waals surface area contributed by atoms with Crippen LogP contribution in [0.5, 0.6) is 0 Å². The van der Waals surface area contributed by atoms with E-state index in [0.29, 0.717) is 12.5 Å². The molecule has 0 unspecified atom stereocenters. The lowest BCUT2D eigenvalue weighted by molar-refractivity contribution is -0.137. The van der Waals surface area contributed by atoms with Gasteiger partial charge in [-0.3, -0.25) is 9.69 Å². The zero-order chi connectivity index (χ0) is 11.1. The Hall–Kier alpha value is -0.830. The molecule has 82 valence electrons. The summed E-state index contributed by atoms with van der Waals surface area (Å²) in [6, 6.07) is 0. The first-order valence-electron chi connectivity index (χ1n) is 5.00. The van der Waals surface area contributed by atoms with E-state index >= 15 is 0 Å². The highest BCUT2D eigenvalue weighted by molar-refractivity contribution is 5.66. The van der Waals surface area contributed by atoms with Crippen molar-refractivity contribution < 1.29 is 9.90 Å². The van der Waals surface area contributed by atoms with Gasteiger partial charge in [0.15, 0.2) is 0 Å². The fourth-order valence-electron chi connectivity index (χ4n) is 1.39. The molecule has 3 nitrogen and oxygen atoms in total. The van der Waals surface area contributed by atoms with Crippen LogP contribution in [0.3, 0.4) is 0 Å². The maximum absolute atomic E-state index is 10.4. The SMILES string of the molecule is C=C(C)CN(CCC(=O)O)CC(C)C. The Labute approximate surface area is 86.4 Å². The third-order valence-corrected chi connectivity index (χ3v) is 1.76. The molecule has 1 N–H and O–H groups in total. The Morgan fingerprint density at radius 2 is 2.07 bits per heavy atom. The van der Waals surface area contributed by atoms with Gasteiger partial charge in [0.1, 0.15) is 0 Å². The topological polar surface area (TPSA) is 40.5 Å². The molecule has 0 aliphatic carbocycles. The molecule has 0 amide bonds. The third-order valence-electron chi connectivity index (χ3n) is 1.76. The zero-order valence-corrected chi connectivity index (χ0v) is 9.42. The Balaban J connectivity index is 3.96. The van der Waals surface area contributed by atoms with Crippen molar-refractivity contribution in [3.05, 3.63) is 12.2 Å². The normalized spacial score (nSPS) is 10.9. The van der Waals surface area contributed by atoms with Crippen LogP contribution in [0.2, 0.25) is 0 Å². The van der Waals surface area contributed by atoms with Gasteiger partial charge in [-0.15, -0.1) is 0 Å². The van der Waals surface area contributed by atoms with E-state index in [2.05, 4.69) is 25.3 Å². The van der Waals surface area contributed by atoms with Crippen molar-refractivity contribution in [2.75, 3.05) is 19.6 Å². The van der Waals surface area contributed by atoms with Crippen molar-refractivity contribution in [3.8, 4) is 0 Å². The van der Waals surface area contributed by atoms with Gasteiger partial charge < -0.3 is 5.11 Å². The smallest absolute Gasteiger partial charge is 0.304 e. The summed E-state index contributed by atoms with van der Waals surface area (Å²) in [5.74, 6) is -0.177. The first-order chi connectivity index (χ1) is 6.41. The van der Waals surface area contributed by atoms with E-state index < -0.39 is 5.97 Å². The van der Waals surface area contributed by atoms with Gasteiger partial charge >= 0.3 is 5.97 Å². The van der Waals surface area contributed by atoms with E-state index in [9.17, 15) is 4.79 Å². The first-order valence-corrected chi connectivity index (χ1v) is 5.00. The number of carboxylic acid groups (broad SMARTS) is 1. The summed E-state index contributed by atoms with van der Waals surface area (Å²) in [6.07, 6.45) is 0.208. The second-order valence-corrected chi connectivity index (χ2v) is 4.23. The zero-order valence-electron chi connectivity index (χ0n) is 9.42. The average molecular weight is 199 g/mol. The molecule has 0 aliphatic heterocycles. The summed E-state index contributed by atoms with van der Waals surface area (Å²) in [4.78, 5) is 12.6. The van der Waals surface area contributed by atoms with E-state index in [1.165, 1.54) is 0 Å². The van der Waals surface area contributed by atoms with E-state index in [0.717, 1.165) is 18.7 Å². The second-order valence-electron chi connectivity index (χ2n) is 4.23. The maximum Gasteiger partial charge on any atom is 0.304 e. The lowest BCUT2D eigenvalue weighted by Crippen LogP contribution is -2.31. The second kappa shape index (κ2) is 6.60. The predicted octanol–water partition coefficient (Wildman–Crippen LogP) is 2.00. The fraction of sp³-hybridized carbons (Fsp3) is 0.727. The van der Waals surface area contributed by atoms with E-state index in [1.807, 2.05) is 6.92 Å². The molecule has 0 heterocycles. The molecule has 0 aromatic heterocycles. The molecule has 0 rings (SSSR count). The number of carbonyl (C=O) groups is 1. The van der Waals surface area contributed by atoms with Crippen molar-refractivity contribution in [1.82, 2.24) is 4.90 Å². The number of hydrogen-bond acceptors (Lipinski definition) is 2. The molecule has 3 heteroatoms. The summed E-state index contributed by atoms with van der Waals surface area (Å²) >= 11 is 0. The predicted molar refractivity (Wildman–Crippen MR) is 58.3 cm³/mol. The van der Waals surface area contributed by atoms with Gasteiger partial charge in [-0.2, -0.15) is 0 Å². The van der Waals surface area contributed by atoms with Crippen LogP contribution in [0.15, 0.2) is 12.2 Å². The molecule has 0 aromatic rings. The fourth-order valence-corrected chi connectivity index (χ4v) is 1.39. The van der Waals surface area contributed by atoms with Crippen LogP contribution in [-0.2, 0) is 4.79 Å². The summed E-state index contributed by atoms with van der Waals surface area (Å²) in [5, 5.41) is 8.58. The van der Waals surface area contributed by atoms with Crippen LogP contribution >= 0.6 is 0 Å². The Morgan fingerprint density at radius 3 is 2.43 bits per heavy atom. The number of aliphatic carboxylic acids is 1. The molecular weight excluding hydrogens is 178 g/mol. The highest BCUT2D eigenvalue weighted by Crippen LogP contribution is 2.03. The highest BCUT2D eigenvalue weighted by Gasteiger charge is 2.09. The molecule has 14 heavy (non-hydrogen) atoms. The van der Waals surface area contributed by atoms with Gasteiger partial charge in [0.05, 0.1) is 6.42 Å². The minimum Gasteiger partial charge on any atom is -0.481 e. The first kappa shape index (κ1) is 13.2. The van der Waals surface area contributed by atoms with Crippen LogP contribution in [-0.4, -0.2) is 35.6 Å². The minimum atomic E-state index is -0.736. The van der Waals surface area contributed by atoms with Gasteiger partial charge in [-0.1, -0.05) is 26.0 Å². The van der Waals surface area contributed by atoms with Gasteiger partial charge in [0.25, 0.3) is 0 Å². The minimum absolute atomic E-state index is 0.208. The number of carboxylic acids is 1. The highest BCUT2D eigenvalue weighted by atomic mass is 16.4. The van der Waals surface area contributed by atoms with E-state index in [-0.39, 0.29) is 6.42 Å². The lowest BCUT2D eigenvalue weighted by atomic mass is 10.2. The van der Waals surface area contributed by atoms with Crippen LogP contribution < -0.4 is 0 Å². The molecule has 0 aliphatic rings. The summed E-state index contributed by atoms with van der Waals surface area (Å²) in [6.45, 7) is 12.4. The van der Waals surface area contributed by atoms with Crippen molar-refractivity contribution >= 4 is 5.97 Å². The Kier molecular flexibility index (Phi) is 6.21. The number of nitrogens with zero attached hydrogens (tertiary/aromatic N) is 1. The molecule has 0 saturated carbocycles. The Morgan fingerprint density at radius 1 is 1.50 bits per heavy atom. The van der Waals surface area contributed by atoms with Crippen molar-refractivity contribution in [3.63, 3.8) is 0 Å². The average Bonchev–Trinajstić information content (AvgIpc) is 1.97. The Bertz CT molecular complexity index is 199. The van der Waals surface area contributed by atoms with Gasteiger partial charge in [0, 0.05) is 19.6 Å². The van der Waals surface area contributed by atoms with Crippen LogP contribution in [0.25, 0.3) is 0 Å². The van der Waals surface area contributed by atoms with E-state index in [1.54, 1.807) is 0 Å². The summed E-state index contributed by atoms with van der Waals surface area (Å²) < 4.78 is 0. The maximum atomic E-state index is 10.4. The van der Waals surface area contributed by atoms with Gasteiger partial charge in [-0.25, -0.2) is 0 Å². The standard InChI is InChI=1S/C11H21NO2/c1-9(2)7-12(8-10(3)4)6-5-11(13)14/h10H,1,5-8H2,2-4H3,(H,13,14). The summed E-state index contributed by atoms with van der Waals surface area (Å²) in [5.41, 5.74) is 1.08. The molecule has 0 atom stereocenters. The molecule has 0 radical (unpaired) electrons. The van der Waals surface area contributed by atoms with Crippen molar-refractivity contribution in [2.24, 2.45) is 5.92 Å². The van der Waals surface area contributed by atoms with Gasteiger partial charge in [-0.05, 0) is 12.8 Å². The molecule has 0 spiro atoms. The molecular formula is C11H21NO2. The quantitative estimate of drug-likeness (QED) is 0.637. The number of rotatable bonds is 7. The van der Waals surface area contributed by atoms with Crippen molar-refractivity contribution in [1.29, 1.82) is 0 Å². The van der Waals surface area contributed by atoms with Crippen molar-refractivity contribution in [2.45, 2.75) is 27.2 Å². The van der Waals surface area contributed by atoms with Crippen LogP contribution in [0.4, 0.5) is 0 Å². The molecule has 0 fully saturated rings.